The van der Waals surface area contributed by atoms with E-state index < -0.39 is 5.60 Å². The number of nitrogens with one attached hydrogen (secondary N) is 2. The summed E-state index contributed by atoms with van der Waals surface area (Å²) in [6.45, 7) is 7.91. The number of benzene rings is 1. The maximum atomic E-state index is 10.7. The lowest BCUT2D eigenvalue weighted by Crippen LogP contribution is -2.39. The van der Waals surface area contributed by atoms with Gasteiger partial charge < -0.3 is 20.6 Å². The Hall–Kier alpha value is -2.12. The van der Waals surface area contributed by atoms with Crippen molar-refractivity contribution in [1.82, 2.24) is 15.6 Å². The molecule has 1 aromatic heterocycles. The van der Waals surface area contributed by atoms with Crippen molar-refractivity contribution in [3.63, 3.8) is 0 Å². The van der Waals surface area contributed by atoms with Crippen molar-refractivity contribution in [3.8, 4) is 0 Å². The van der Waals surface area contributed by atoms with Gasteiger partial charge in [-0.2, -0.15) is 0 Å². The molecule has 7 heteroatoms. The minimum absolute atomic E-state index is 0.294. The monoisotopic (exact) mass is 401 g/mol. The van der Waals surface area contributed by atoms with Gasteiger partial charge in [0.1, 0.15) is 5.60 Å². The molecule has 1 aliphatic rings. The van der Waals surface area contributed by atoms with Crippen molar-refractivity contribution < 1.29 is 5.11 Å². The summed E-state index contributed by atoms with van der Waals surface area (Å²) in [6.07, 6.45) is 3.39. The predicted molar refractivity (Wildman–Crippen MR) is 117 cm³/mol. The van der Waals surface area contributed by atoms with Crippen LogP contribution in [-0.4, -0.2) is 48.8 Å². The van der Waals surface area contributed by atoms with Crippen LogP contribution in [-0.2, 0) is 12.0 Å². The third kappa shape index (κ3) is 5.69. The number of rotatable bonds is 8. The van der Waals surface area contributed by atoms with Gasteiger partial charge in [0.05, 0.1) is 12.2 Å². The van der Waals surface area contributed by atoms with E-state index >= 15 is 0 Å². The molecule has 1 fully saturated rings. The smallest absolute Gasteiger partial charge is 0.191 e. The van der Waals surface area contributed by atoms with Crippen LogP contribution < -0.4 is 15.5 Å². The average molecular weight is 402 g/mol. The Morgan fingerprint density at radius 1 is 1.25 bits per heavy atom. The van der Waals surface area contributed by atoms with Crippen LogP contribution >= 0.6 is 11.3 Å². The first-order chi connectivity index (χ1) is 13.6. The first-order valence-corrected chi connectivity index (χ1v) is 11.0. The van der Waals surface area contributed by atoms with E-state index in [1.54, 1.807) is 18.3 Å². The molecule has 1 aliphatic heterocycles. The van der Waals surface area contributed by atoms with Gasteiger partial charge in [0.25, 0.3) is 0 Å². The highest BCUT2D eigenvalue weighted by atomic mass is 32.1. The van der Waals surface area contributed by atoms with Gasteiger partial charge in [0.15, 0.2) is 11.1 Å². The standard InChI is InChI=1S/C21H31N5OS/c1-3-22-19(24-16-21(2,27)17-9-5-4-6-10-17)23-12-11-18-15-28-20(25-18)26-13-7-8-14-26/h4-6,9-10,15,27H,3,7-8,11-14,16H2,1-2H3,(H2,22,23,24). The van der Waals surface area contributed by atoms with E-state index in [2.05, 4.69) is 25.9 Å². The number of nitrogens with zero attached hydrogens (tertiary/aromatic N) is 3. The van der Waals surface area contributed by atoms with Gasteiger partial charge >= 0.3 is 0 Å². The third-order valence-corrected chi connectivity index (χ3v) is 5.82. The van der Waals surface area contributed by atoms with Gasteiger partial charge in [-0.05, 0) is 32.3 Å². The highest BCUT2D eigenvalue weighted by Crippen LogP contribution is 2.24. The molecule has 0 bridgehead atoms. The zero-order valence-electron chi connectivity index (χ0n) is 16.8. The van der Waals surface area contributed by atoms with Gasteiger partial charge in [0.2, 0.25) is 0 Å². The average Bonchev–Trinajstić information content (AvgIpc) is 3.39. The fourth-order valence-corrected chi connectivity index (χ4v) is 4.15. The largest absolute Gasteiger partial charge is 0.384 e. The molecule has 2 heterocycles. The lowest BCUT2D eigenvalue weighted by atomic mass is 9.96. The van der Waals surface area contributed by atoms with Gasteiger partial charge in [-0.1, -0.05) is 30.3 Å². The lowest BCUT2D eigenvalue weighted by molar-refractivity contribution is 0.0672. The van der Waals surface area contributed by atoms with Gasteiger partial charge in [-0.15, -0.1) is 11.3 Å². The van der Waals surface area contributed by atoms with E-state index in [4.69, 9.17) is 4.98 Å². The summed E-state index contributed by atoms with van der Waals surface area (Å²) in [4.78, 5) is 11.7. The van der Waals surface area contributed by atoms with E-state index in [1.807, 2.05) is 37.3 Å². The van der Waals surface area contributed by atoms with Crippen LogP contribution in [0.15, 0.2) is 40.7 Å². The number of hydrogen-bond acceptors (Lipinski definition) is 5. The van der Waals surface area contributed by atoms with Crippen molar-refractivity contribution in [2.24, 2.45) is 4.99 Å². The Labute approximate surface area is 171 Å². The molecule has 0 aliphatic carbocycles. The molecule has 152 valence electrons. The molecule has 6 nitrogen and oxygen atoms in total. The highest BCUT2D eigenvalue weighted by molar-refractivity contribution is 7.13. The second-order valence-electron chi connectivity index (χ2n) is 7.33. The van der Waals surface area contributed by atoms with E-state index in [0.29, 0.717) is 12.5 Å². The molecule has 0 radical (unpaired) electrons. The Bertz CT molecular complexity index is 753. The lowest BCUT2D eigenvalue weighted by Gasteiger charge is -2.22. The molecule has 0 saturated carbocycles. The van der Waals surface area contributed by atoms with Crippen molar-refractivity contribution in [2.75, 3.05) is 37.6 Å². The highest BCUT2D eigenvalue weighted by Gasteiger charge is 2.22. The van der Waals surface area contributed by atoms with Gasteiger partial charge in [-0.3, -0.25) is 0 Å². The van der Waals surface area contributed by atoms with Crippen LogP contribution in [0.2, 0.25) is 0 Å². The Morgan fingerprint density at radius 3 is 2.71 bits per heavy atom. The van der Waals surface area contributed by atoms with Crippen LogP contribution in [0.25, 0.3) is 0 Å². The summed E-state index contributed by atoms with van der Waals surface area (Å²) >= 11 is 1.74. The second kappa shape index (κ2) is 9.89. The Morgan fingerprint density at radius 2 is 2.00 bits per heavy atom. The van der Waals surface area contributed by atoms with Crippen LogP contribution in [0.1, 0.15) is 37.9 Å². The molecule has 1 aromatic carbocycles. The first kappa shape index (κ1) is 20.6. The molecule has 3 rings (SSSR count). The summed E-state index contributed by atoms with van der Waals surface area (Å²) in [5.41, 5.74) is 0.987. The summed E-state index contributed by atoms with van der Waals surface area (Å²) in [7, 11) is 0. The molecular formula is C21H31N5OS. The Kier molecular flexibility index (Phi) is 7.28. The molecule has 1 saturated heterocycles. The number of aliphatic imine (C=N–C) groups is 1. The van der Waals surface area contributed by atoms with Crippen LogP contribution in [0.5, 0.6) is 0 Å². The maximum Gasteiger partial charge on any atom is 0.191 e. The normalized spacial score (nSPS) is 16.8. The molecular weight excluding hydrogens is 370 g/mol. The number of guanidine groups is 1. The molecule has 1 atom stereocenters. The van der Waals surface area contributed by atoms with Crippen molar-refractivity contribution >= 4 is 22.4 Å². The number of aromatic nitrogens is 1. The maximum absolute atomic E-state index is 10.7. The minimum atomic E-state index is -0.997. The van der Waals surface area contributed by atoms with Crippen LogP contribution in [0.3, 0.4) is 0 Å². The second-order valence-corrected chi connectivity index (χ2v) is 8.16. The van der Waals surface area contributed by atoms with Crippen LogP contribution in [0, 0.1) is 0 Å². The van der Waals surface area contributed by atoms with Crippen molar-refractivity contribution in [2.45, 2.75) is 38.7 Å². The fourth-order valence-electron chi connectivity index (χ4n) is 3.24. The first-order valence-electron chi connectivity index (χ1n) is 10.1. The van der Waals surface area contributed by atoms with Gasteiger partial charge in [0, 0.05) is 38.0 Å². The topological polar surface area (TPSA) is 72.8 Å². The van der Waals surface area contributed by atoms with Crippen molar-refractivity contribution in [3.05, 3.63) is 47.0 Å². The molecule has 1 unspecified atom stereocenters. The van der Waals surface area contributed by atoms with Gasteiger partial charge in [-0.25, -0.2) is 9.98 Å². The zero-order chi connectivity index (χ0) is 19.8. The minimum Gasteiger partial charge on any atom is -0.384 e. The summed E-state index contributed by atoms with van der Waals surface area (Å²) < 4.78 is 0. The third-order valence-electron chi connectivity index (χ3n) is 4.87. The van der Waals surface area contributed by atoms with E-state index in [9.17, 15) is 5.11 Å². The van der Waals surface area contributed by atoms with E-state index in [-0.39, 0.29) is 0 Å². The molecule has 0 amide bonds. The zero-order valence-corrected chi connectivity index (χ0v) is 17.6. The Balaban J connectivity index is 1.52. The predicted octanol–water partition coefficient (Wildman–Crippen LogP) is 2.75. The summed E-state index contributed by atoms with van der Waals surface area (Å²) in [6, 6.07) is 9.66. The number of thiazole rings is 1. The number of hydrogen-bond donors (Lipinski definition) is 3. The van der Waals surface area contributed by atoms with Crippen LogP contribution in [0.4, 0.5) is 5.13 Å². The van der Waals surface area contributed by atoms with Crippen molar-refractivity contribution in [1.29, 1.82) is 0 Å². The summed E-state index contributed by atoms with van der Waals surface area (Å²) in [5.74, 6) is 0.716. The molecule has 28 heavy (non-hydrogen) atoms. The fraction of sp³-hybridized carbons (Fsp3) is 0.524. The summed E-state index contributed by atoms with van der Waals surface area (Å²) in [5, 5.41) is 20.6. The number of anilines is 1. The number of aliphatic hydroxyl groups is 1. The van der Waals surface area contributed by atoms with E-state index in [0.717, 1.165) is 49.0 Å². The van der Waals surface area contributed by atoms with E-state index in [1.165, 1.54) is 12.8 Å². The molecule has 0 spiro atoms. The molecule has 3 N–H and O–H groups in total. The quantitative estimate of drug-likeness (QED) is 0.469. The molecule has 2 aromatic rings. The SMILES string of the molecule is CCNC(=NCC(C)(O)c1ccccc1)NCCc1csc(N2CCCC2)n1.